The average molecular weight is 281 g/mol. The maximum atomic E-state index is 12.4. The summed E-state index contributed by atoms with van der Waals surface area (Å²) >= 11 is 0. The predicted molar refractivity (Wildman–Crippen MR) is 56.1 cm³/mol. The van der Waals surface area contributed by atoms with Crippen LogP contribution >= 0.6 is 0 Å². The van der Waals surface area contributed by atoms with Crippen LogP contribution in [0.4, 0.5) is 13.2 Å². The van der Waals surface area contributed by atoms with Gasteiger partial charge in [0.15, 0.2) is 5.03 Å². The average Bonchev–Trinajstić information content (AvgIpc) is 2.82. The van der Waals surface area contributed by atoms with Gasteiger partial charge in [-0.25, -0.2) is 13.4 Å². The number of rotatable bonds is 2. The Bertz CT molecular complexity index is 548. The third-order valence-electron chi connectivity index (χ3n) is 2.63. The van der Waals surface area contributed by atoms with E-state index in [1.54, 1.807) is 0 Å². The first-order valence-corrected chi connectivity index (χ1v) is 6.50. The van der Waals surface area contributed by atoms with E-state index in [9.17, 15) is 21.6 Å². The summed E-state index contributed by atoms with van der Waals surface area (Å²) in [6.07, 6.45) is -1.50. The zero-order valence-corrected chi connectivity index (χ0v) is 9.92. The molecule has 1 N–H and O–H groups in total. The molecule has 0 amide bonds. The molecule has 1 aliphatic heterocycles. The summed E-state index contributed by atoms with van der Waals surface area (Å²) in [6.45, 7) is -0.469. The van der Waals surface area contributed by atoms with Crippen molar-refractivity contribution >= 4 is 10.0 Å². The molecule has 0 radical (unpaired) electrons. The fourth-order valence-electron chi connectivity index (χ4n) is 1.65. The first-order valence-electron chi connectivity index (χ1n) is 5.06. The summed E-state index contributed by atoms with van der Waals surface area (Å²) in [5, 5.41) is -0.119. The fourth-order valence-corrected chi connectivity index (χ4v) is 2.93. The minimum absolute atomic E-state index is 0.119. The van der Waals surface area contributed by atoms with Crippen molar-refractivity contribution in [3.05, 3.63) is 24.2 Å². The van der Waals surface area contributed by atoms with Crippen molar-refractivity contribution in [3.63, 3.8) is 0 Å². The number of nitrogens with one attached hydrogen (secondary N) is 1. The van der Waals surface area contributed by atoms with Crippen LogP contribution in [0.1, 0.15) is 6.42 Å². The molecule has 0 unspecified atom stereocenters. The van der Waals surface area contributed by atoms with E-state index in [0.29, 0.717) is 0 Å². The van der Waals surface area contributed by atoms with Crippen LogP contribution in [0.15, 0.2) is 29.2 Å². The van der Waals surface area contributed by atoms with Crippen LogP contribution in [-0.4, -0.2) is 42.0 Å². The molecule has 0 saturated carbocycles. The van der Waals surface area contributed by atoms with Crippen LogP contribution in [0.5, 0.6) is 0 Å². The number of nitrogens with zero attached hydrogens (tertiary/aromatic N) is 2. The lowest BCUT2D eigenvalue weighted by Gasteiger charge is -2.25. The Labute approximate surface area is 101 Å². The SMILES string of the molecule is O=S(=O)(c1cnc[nH]1)N1CC=C(C(F)(F)F)CC1. The predicted octanol–water partition coefficient (Wildman–Crippen LogP) is 1.29. The molecule has 0 saturated heterocycles. The molecule has 18 heavy (non-hydrogen) atoms. The highest BCUT2D eigenvalue weighted by molar-refractivity contribution is 7.89. The summed E-state index contributed by atoms with van der Waals surface area (Å²) in [5.41, 5.74) is -0.682. The van der Waals surface area contributed by atoms with E-state index in [1.807, 2.05) is 0 Å². The van der Waals surface area contributed by atoms with Gasteiger partial charge >= 0.3 is 6.18 Å². The minimum atomic E-state index is -4.39. The van der Waals surface area contributed by atoms with Gasteiger partial charge in [0.2, 0.25) is 0 Å². The van der Waals surface area contributed by atoms with Crippen molar-refractivity contribution in [1.29, 1.82) is 0 Å². The summed E-state index contributed by atoms with van der Waals surface area (Å²) in [6, 6.07) is 0. The number of alkyl halides is 3. The number of hydrogen-bond donors (Lipinski definition) is 1. The highest BCUT2D eigenvalue weighted by atomic mass is 32.2. The van der Waals surface area contributed by atoms with Gasteiger partial charge in [-0.3, -0.25) is 0 Å². The van der Waals surface area contributed by atoms with Crippen molar-refractivity contribution in [2.75, 3.05) is 13.1 Å². The van der Waals surface area contributed by atoms with Gasteiger partial charge in [0.25, 0.3) is 10.0 Å². The van der Waals surface area contributed by atoms with E-state index in [-0.39, 0.29) is 24.5 Å². The molecule has 0 bridgehead atoms. The van der Waals surface area contributed by atoms with Crippen molar-refractivity contribution in [1.82, 2.24) is 14.3 Å². The molecule has 0 aliphatic carbocycles. The molecular weight excluding hydrogens is 271 g/mol. The lowest BCUT2D eigenvalue weighted by Crippen LogP contribution is -2.36. The van der Waals surface area contributed by atoms with Crippen molar-refractivity contribution in [3.8, 4) is 0 Å². The second-order valence-electron chi connectivity index (χ2n) is 3.76. The molecular formula is C9H10F3N3O2S. The molecule has 0 aromatic carbocycles. The first kappa shape index (κ1) is 13.1. The van der Waals surface area contributed by atoms with Gasteiger partial charge in [-0.05, 0) is 6.42 Å². The number of H-pyrrole nitrogens is 1. The number of halogens is 3. The maximum absolute atomic E-state index is 12.4. The summed E-state index contributed by atoms with van der Waals surface area (Å²) in [5.74, 6) is 0. The lowest BCUT2D eigenvalue weighted by atomic mass is 10.1. The standard InChI is InChI=1S/C9H10F3N3O2S/c10-9(11,12)7-1-3-15(4-2-7)18(16,17)8-5-13-6-14-8/h1,5-6H,2-4H2,(H,13,14). The molecule has 1 aromatic rings. The Hall–Kier alpha value is -1.35. The fraction of sp³-hybridized carbons (Fsp3) is 0.444. The molecule has 0 atom stereocenters. The number of imidazole rings is 1. The monoisotopic (exact) mass is 281 g/mol. The Balaban J connectivity index is 2.18. The highest BCUT2D eigenvalue weighted by Crippen LogP contribution is 2.31. The van der Waals surface area contributed by atoms with Crippen molar-refractivity contribution in [2.45, 2.75) is 17.6 Å². The molecule has 0 fully saturated rings. The molecule has 9 heteroatoms. The van der Waals surface area contributed by atoms with E-state index in [4.69, 9.17) is 0 Å². The van der Waals surface area contributed by atoms with E-state index >= 15 is 0 Å². The zero-order chi connectivity index (χ0) is 13.4. The lowest BCUT2D eigenvalue weighted by molar-refractivity contribution is -0.0953. The Morgan fingerprint density at radius 1 is 1.39 bits per heavy atom. The third-order valence-corrected chi connectivity index (χ3v) is 4.42. The Morgan fingerprint density at radius 3 is 2.56 bits per heavy atom. The van der Waals surface area contributed by atoms with Crippen LogP contribution < -0.4 is 0 Å². The van der Waals surface area contributed by atoms with Gasteiger partial charge < -0.3 is 4.98 Å². The van der Waals surface area contributed by atoms with E-state index in [1.165, 1.54) is 6.33 Å². The Morgan fingerprint density at radius 2 is 2.11 bits per heavy atom. The van der Waals surface area contributed by atoms with Crippen molar-refractivity contribution in [2.24, 2.45) is 0 Å². The number of sulfonamides is 1. The van der Waals surface area contributed by atoms with Gasteiger partial charge in [0, 0.05) is 18.7 Å². The van der Waals surface area contributed by atoms with Gasteiger partial charge in [-0.2, -0.15) is 17.5 Å². The second-order valence-corrected chi connectivity index (χ2v) is 5.66. The maximum Gasteiger partial charge on any atom is 0.412 e. The van der Waals surface area contributed by atoms with Crippen LogP contribution in [0.3, 0.4) is 0 Å². The van der Waals surface area contributed by atoms with Crippen LogP contribution in [0, 0.1) is 0 Å². The Kier molecular flexibility index (Phi) is 3.20. The summed E-state index contributed by atoms with van der Waals surface area (Å²) in [7, 11) is -3.78. The third kappa shape index (κ3) is 2.41. The van der Waals surface area contributed by atoms with Crippen LogP contribution in [0.2, 0.25) is 0 Å². The quantitative estimate of drug-likeness (QED) is 0.831. The molecule has 5 nitrogen and oxygen atoms in total. The number of aromatic amines is 1. The van der Waals surface area contributed by atoms with Gasteiger partial charge in [-0.15, -0.1) is 0 Å². The number of aromatic nitrogens is 2. The van der Waals surface area contributed by atoms with Crippen LogP contribution in [0.25, 0.3) is 0 Å². The first-order chi connectivity index (χ1) is 8.32. The molecule has 1 aromatic heterocycles. The summed E-state index contributed by atoms with van der Waals surface area (Å²) < 4.78 is 62.0. The zero-order valence-electron chi connectivity index (χ0n) is 9.11. The normalized spacial score (nSPS) is 18.7. The molecule has 1 aliphatic rings. The van der Waals surface area contributed by atoms with Crippen molar-refractivity contribution < 1.29 is 21.6 Å². The summed E-state index contributed by atoms with van der Waals surface area (Å²) in [4.78, 5) is 6.01. The smallest absolute Gasteiger partial charge is 0.335 e. The van der Waals surface area contributed by atoms with E-state index in [2.05, 4.69) is 9.97 Å². The van der Waals surface area contributed by atoms with Gasteiger partial charge in [0.1, 0.15) is 0 Å². The highest BCUT2D eigenvalue weighted by Gasteiger charge is 2.37. The largest absolute Gasteiger partial charge is 0.412 e. The molecule has 100 valence electrons. The van der Waals surface area contributed by atoms with Gasteiger partial charge in [-0.1, -0.05) is 6.08 Å². The van der Waals surface area contributed by atoms with E-state index in [0.717, 1.165) is 16.6 Å². The second kappa shape index (κ2) is 4.39. The minimum Gasteiger partial charge on any atom is -0.335 e. The molecule has 2 rings (SSSR count). The number of hydrogen-bond acceptors (Lipinski definition) is 3. The topological polar surface area (TPSA) is 66.1 Å². The van der Waals surface area contributed by atoms with Gasteiger partial charge in [0.05, 0.1) is 12.5 Å². The molecule has 2 heterocycles. The van der Waals surface area contributed by atoms with E-state index < -0.39 is 21.8 Å². The van der Waals surface area contributed by atoms with Crippen LogP contribution in [-0.2, 0) is 10.0 Å². The molecule has 0 spiro atoms.